The van der Waals surface area contributed by atoms with E-state index >= 15 is 0 Å². The Morgan fingerprint density at radius 2 is 2.11 bits per heavy atom. The molecule has 19 heavy (non-hydrogen) atoms. The molecule has 7 heteroatoms. The number of nitrogens with zero attached hydrogens (tertiary/aromatic N) is 2. The molecular weight excluding hydrogens is 322 g/mol. The van der Waals surface area contributed by atoms with Crippen molar-refractivity contribution >= 4 is 27.7 Å². The number of esters is 1. The lowest BCUT2D eigenvalue weighted by atomic mass is 10.1. The van der Waals surface area contributed by atoms with Crippen molar-refractivity contribution in [3.8, 4) is 0 Å². The maximum absolute atomic E-state index is 13.1. The minimum absolute atomic E-state index is 0.196. The summed E-state index contributed by atoms with van der Waals surface area (Å²) < 4.78 is 31.4. The van der Waals surface area contributed by atoms with Crippen LogP contribution in [-0.2, 0) is 4.74 Å². The number of piperidine rings is 1. The molecule has 2 rings (SSSR count). The van der Waals surface area contributed by atoms with Crippen molar-refractivity contribution in [3.63, 3.8) is 0 Å². The summed E-state index contributed by atoms with van der Waals surface area (Å²) in [7, 11) is 1.29. The number of anilines is 1. The van der Waals surface area contributed by atoms with Crippen LogP contribution < -0.4 is 4.90 Å². The molecule has 0 bridgehead atoms. The summed E-state index contributed by atoms with van der Waals surface area (Å²) in [6.07, 6.45) is 1.09. The van der Waals surface area contributed by atoms with Crippen LogP contribution in [0.1, 0.15) is 23.2 Å². The van der Waals surface area contributed by atoms with Gasteiger partial charge in [-0.2, -0.15) is 0 Å². The largest absolute Gasteiger partial charge is 0.465 e. The summed E-state index contributed by atoms with van der Waals surface area (Å²) in [6.45, 7) is 0.449. The van der Waals surface area contributed by atoms with Crippen LogP contribution in [0.3, 0.4) is 0 Å². The molecule has 104 valence electrons. The van der Waals surface area contributed by atoms with Gasteiger partial charge in [-0.05, 0) is 22.0 Å². The number of hydrogen-bond acceptors (Lipinski definition) is 4. The van der Waals surface area contributed by atoms with Crippen molar-refractivity contribution in [1.82, 2.24) is 4.98 Å². The van der Waals surface area contributed by atoms with Crippen LogP contribution in [0.15, 0.2) is 16.7 Å². The van der Waals surface area contributed by atoms with Crippen LogP contribution in [0.2, 0.25) is 0 Å². The standard InChI is InChI=1S/C12H13BrF2N2O2/c1-19-11(18)8-6-10(16-7-9(8)13)17-4-2-12(14,15)3-5-17/h6-7H,2-5H2,1H3. The SMILES string of the molecule is COC(=O)c1cc(N2CCC(F)(F)CC2)ncc1Br. The average molecular weight is 335 g/mol. The minimum atomic E-state index is -2.60. The highest BCUT2D eigenvalue weighted by Crippen LogP contribution is 2.30. The molecule has 1 aromatic rings. The third kappa shape index (κ3) is 3.20. The molecule has 0 radical (unpaired) electrons. The van der Waals surface area contributed by atoms with Gasteiger partial charge in [-0.3, -0.25) is 0 Å². The fourth-order valence-electron chi connectivity index (χ4n) is 1.93. The molecule has 1 aromatic heterocycles. The molecule has 4 nitrogen and oxygen atoms in total. The van der Waals surface area contributed by atoms with Gasteiger partial charge in [0.05, 0.1) is 17.1 Å². The van der Waals surface area contributed by atoms with Crippen LogP contribution in [0.5, 0.6) is 0 Å². The van der Waals surface area contributed by atoms with Gasteiger partial charge < -0.3 is 9.64 Å². The van der Waals surface area contributed by atoms with E-state index in [0.29, 0.717) is 15.9 Å². The zero-order valence-corrected chi connectivity index (χ0v) is 11.9. The van der Waals surface area contributed by atoms with Crippen LogP contribution in [0.4, 0.5) is 14.6 Å². The number of hydrogen-bond donors (Lipinski definition) is 0. The molecule has 1 saturated heterocycles. The first kappa shape index (κ1) is 14.2. The van der Waals surface area contributed by atoms with Gasteiger partial charge in [-0.1, -0.05) is 0 Å². The smallest absolute Gasteiger partial charge is 0.339 e. The van der Waals surface area contributed by atoms with Gasteiger partial charge in [0.25, 0.3) is 5.92 Å². The predicted molar refractivity (Wildman–Crippen MR) is 69.7 cm³/mol. The Labute approximate surface area is 117 Å². The third-order valence-corrected chi connectivity index (χ3v) is 3.70. The monoisotopic (exact) mass is 334 g/mol. The van der Waals surface area contributed by atoms with Gasteiger partial charge in [-0.25, -0.2) is 18.6 Å². The highest BCUT2D eigenvalue weighted by molar-refractivity contribution is 9.10. The van der Waals surface area contributed by atoms with Crippen LogP contribution >= 0.6 is 15.9 Å². The molecule has 1 aliphatic rings. The molecule has 0 saturated carbocycles. The Bertz CT molecular complexity index is 487. The number of carbonyl (C=O) groups is 1. The minimum Gasteiger partial charge on any atom is -0.465 e. The second kappa shape index (κ2) is 5.40. The fraction of sp³-hybridized carbons (Fsp3) is 0.500. The number of pyridine rings is 1. The lowest BCUT2D eigenvalue weighted by Crippen LogP contribution is -2.39. The van der Waals surface area contributed by atoms with E-state index in [1.54, 1.807) is 11.0 Å². The van der Waals surface area contributed by atoms with Crippen LogP contribution in [0, 0.1) is 0 Å². The molecule has 1 aliphatic heterocycles. The number of methoxy groups -OCH3 is 1. The Morgan fingerprint density at radius 3 is 2.68 bits per heavy atom. The van der Waals surface area contributed by atoms with E-state index in [-0.39, 0.29) is 25.9 Å². The van der Waals surface area contributed by atoms with Crippen molar-refractivity contribution < 1.29 is 18.3 Å². The van der Waals surface area contributed by atoms with Crippen molar-refractivity contribution in [3.05, 3.63) is 22.3 Å². The van der Waals surface area contributed by atoms with Gasteiger partial charge >= 0.3 is 5.97 Å². The lowest BCUT2D eigenvalue weighted by Gasteiger charge is -2.32. The van der Waals surface area contributed by atoms with Crippen LogP contribution in [0.25, 0.3) is 0 Å². The van der Waals surface area contributed by atoms with E-state index in [9.17, 15) is 13.6 Å². The highest BCUT2D eigenvalue weighted by atomic mass is 79.9. The second-order valence-corrected chi connectivity index (χ2v) is 5.21. The zero-order chi connectivity index (χ0) is 14.0. The summed E-state index contributed by atoms with van der Waals surface area (Å²) in [6, 6.07) is 1.55. The summed E-state index contributed by atoms with van der Waals surface area (Å²) in [4.78, 5) is 17.5. The van der Waals surface area contributed by atoms with E-state index in [1.807, 2.05) is 0 Å². The predicted octanol–water partition coefficient (Wildman–Crippen LogP) is 2.87. The quantitative estimate of drug-likeness (QED) is 0.780. The van der Waals surface area contributed by atoms with Crippen molar-refractivity contribution in [2.75, 3.05) is 25.1 Å². The van der Waals surface area contributed by atoms with Crippen molar-refractivity contribution in [2.45, 2.75) is 18.8 Å². The van der Waals surface area contributed by atoms with Crippen molar-refractivity contribution in [2.24, 2.45) is 0 Å². The van der Waals surface area contributed by atoms with E-state index in [0.717, 1.165) is 0 Å². The number of carbonyl (C=O) groups excluding carboxylic acids is 1. The maximum Gasteiger partial charge on any atom is 0.339 e. The van der Waals surface area contributed by atoms with Gasteiger partial charge in [0.15, 0.2) is 0 Å². The summed E-state index contributed by atoms with van der Waals surface area (Å²) in [5, 5.41) is 0. The first-order valence-electron chi connectivity index (χ1n) is 5.79. The topological polar surface area (TPSA) is 42.4 Å². The summed E-state index contributed by atoms with van der Waals surface area (Å²) in [5.41, 5.74) is 0.338. The zero-order valence-electron chi connectivity index (χ0n) is 10.3. The van der Waals surface area contributed by atoms with E-state index in [2.05, 4.69) is 25.7 Å². The first-order valence-corrected chi connectivity index (χ1v) is 6.59. The van der Waals surface area contributed by atoms with Gasteiger partial charge in [-0.15, -0.1) is 0 Å². The van der Waals surface area contributed by atoms with Gasteiger partial charge in [0, 0.05) is 32.1 Å². The Hall–Kier alpha value is -1.24. The summed E-state index contributed by atoms with van der Waals surface area (Å²) in [5.74, 6) is -2.58. The molecule has 0 aliphatic carbocycles. The molecule has 0 aromatic carbocycles. The molecule has 0 spiro atoms. The number of aromatic nitrogens is 1. The molecular formula is C12H13BrF2N2O2. The Balaban J connectivity index is 2.20. The van der Waals surface area contributed by atoms with Crippen LogP contribution in [-0.4, -0.2) is 37.1 Å². The number of halogens is 3. The van der Waals surface area contributed by atoms with Gasteiger partial charge in [0.2, 0.25) is 0 Å². The number of alkyl halides is 2. The first-order chi connectivity index (χ1) is 8.93. The maximum atomic E-state index is 13.1. The van der Waals surface area contributed by atoms with E-state index in [1.165, 1.54) is 13.3 Å². The average Bonchev–Trinajstić information content (AvgIpc) is 2.39. The molecule has 0 amide bonds. The molecule has 0 unspecified atom stereocenters. The van der Waals surface area contributed by atoms with Crippen molar-refractivity contribution in [1.29, 1.82) is 0 Å². The molecule has 0 atom stereocenters. The Morgan fingerprint density at radius 1 is 1.47 bits per heavy atom. The second-order valence-electron chi connectivity index (χ2n) is 4.36. The Kier molecular flexibility index (Phi) is 4.03. The molecule has 0 N–H and O–H groups in total. The number of ether oxygens (including phenoxy) is 1. The third-order valence-electron chi connectivity index (χ3n) is 3.07. The number of rotatable bonds is 2. The fourth-order valence-corrected chi connectivity index (χ4v) is 2.31. The highest BCUT2D eigenvalue weighted by Gasteiger charge is 2.34. The lowest BCUT2D eigenvalue weighted by molar-refractivity contribution is -0.0221. The molecule has 2 heterocycles. The molecule has 1 fully saturated rings. The van der Waals surface area contributed by atoms with Gasteiger partial charge in [0.1, 0.15) is 5.82 Å². The summed E-state index contributed by atoms with van der Waals surface area (Å²) >= 11 is 3.21. The normalized spacial score (nSPS) is 18.2. The van der Waals surface area contributed by atoms with E-state index in [4.69, 9.17) is 0 Å². The van der Waals surface area contributed by atoms with E-state index < -0.39 is 11.9 Å².